The number of methoxy groups -OCH3 is 1. The van der Waals surface area contributed by atoms with Crippen LogP contribution in [0.4, 0.5) is 11.4 Å². The number of ether oxygens (including phenoxy) is 1. The molecule has 0 spiro atoms. The van der Waals surface area contributed by atoms with Gasteiger partial charge in [-0.3, -0.25) is 9.59 Å². The highest BCUT2D eigenvalue weighted by atomic mass is 16.5. The Kier molecular flexibility index (Phi) is 4.80. The Morgan fingerprint density at radius 1 is 1.04 bits per heavy atom. The van der Waals surface area contributed by atoms with Crippen LogP contribution in [0.1, 0.15) is 45.4 Å². The first-order valence-corrected chi connectivity index (χ1v) is 8.96. The van der Waals surface area contributed by atoms with Crippen molar-refractivity contribution in [2.24, 2.45) is 0 Å². The number of benzene rings is 2. The van der Waals surface area contributed by atoms with Crippen LogP contribution in [0.3, 0.4) is 0 Å². The van der Waals surface area contributed by atoms with Gasteiger partial charge in [-0.1, -0.05) is 23.4 Å². The van der Waals surface area contributed by atoms with Crippen LogP contribution in [0.2, 0.25) is 0 Å². The normalized spacial score (nSPS) is 13.0. The fraction of sp³-hybridized carbons (Fsp3) is 0.190. The molecule has 3 aromatic rings. The van der Waals surface area contributed by atoms with Gasteiger partial charge in [-0.2, -0.15) is 0 Å². The van der Waals surface area contributed by atoms with Gasteiger partial charge in [0.2, 0.25) is 0 Å². The van der Waals surface area contributed by atoms with Crippen molar-refractivity contribution in [3.05, 3.63) is 71.6 Å². The molecule has 7 nitrogen and oxygen atoms in total. The second kappa shape index (κ2) is 7.56. The Hall–Kier alpha value is -3.61. The average molecular weight is 377 g/mol. The van der Waals surface area contributed by atoms with E-state index in [0.717, 1.165) is 18.6 Å². The zero-order chi connectivity index (χ0) is 19.5. The molecule has 0 aliphatic heterocycles. The molecule has 0 radical (unpaired) electrons. The van der Waals surface area contributed by atoms with Crippen LogP contribution < -0.4 is 15.4 Å². The van der Waals surface area contributed by atoms with Crippen molar-refractivity contribution in [1.29, 1.82) is 0 Å². The molecule has 0 bridgehead atoms. The van der Waals surface area contributed by atoms with Crippen molar-refractivity contribution in [2.45, 2.75) is 18.8 Å². The minimum Gasteiger partial charge on any atom is -0.497 e. The van der Waals surface area contributed by atoms with Gasteiger partial charge in [0.25, 0.3) is 11.8 Å². The standard InChI is InChI=1S/C21H19N3O4/c1-27-15-6-4-5-14(11-15)22-20(25)16-7-2-3-8-17(16)23-21(26)18-12-19(28-24-18)13-9-10-13/h2-8,11-13H,9-10H2,1H3,(H,22,25)(H,23,26). The quantitative estimate of drug-likeness (QED) is 0.675. The van der Waals surface area contributed by atoms with Crippen LogP contribution in [0.15, 0.2) is 59.1 Å². The zero-order valence-corrected chi connectivity index (χ0v) is 15.3. The monoisotopic (exact) mass is 377 g/mol. The number of hydrogen-bond donors (Lipinski definition) is 2. The lowest BCUT2D eigenvalue weighted by molar-refractivity contribution is 0.101. The van der Waals surface area contributed by atoms with E-state index in [4.69, 9.17) is 9.26 Å². The number of rotatable bonds is 6. The molecule has 1 aliphatic rings. The number of hydrogen-bond acceptors (Lipinski definition) is 5. The van der Waals surface area contributed by atoms with Crippen LogP contribution in [-0.2, 0) is 0 Å². The number of nitrogens with zero attached hydrogens (tertiary/aromatic N) is 1. The number of carbonyl (C=O) groups excluding carboxylic acids is 2. The predicted octanol–water partition coefficient (Wildman–Crippen LogP) is 4.07. The first kappa shape index (κ1) is 17.8. The molecular formula is C21H19N3O4. The zero-order valence-electron chi connectivity index (χ0n) is 15.3. The maximum Gasteiger partial charge on any atom is 0.277 e. The van der Waals surface area contributed by atoms with E-state index in [1.54, 1.807) is 61.7 Å². The largest absolute Gasteiger partial charge is 0.497 e. The van der Waals surface area contributed by atoms with Crippen molar-refractivity contribution < 1.29 is 18.8 Å². The van der Waals surface area contributed by atoms with E-state index in [1.807, 2.05) is 0 Å². The van der Waals surface area contributed by atoms with Gasteiger partial charge in [0, 0.05) is 23.7 Å². The molecule has 1 heterocycles. The van der Waals surface area contributed by atoms with Gasteiger partial charge < -0.3 is 19.9 Å². The van der Waals surface area contributed by atoms with Crippen molar-refractivity contribution in [3.8, 4) is 5.75 Å². The summed E-state index contributed by atoms with van der Waals surface area (Å²) >= 11 is 0. The van der Waals surface area contributed by atoms with Crippen LogP contribution in [0.25, 0.3) is 0 Å². The molecule has 2 N–H and O–H groups in total. The van der Waals surface area contributed by atoms with Gasteiger partial charge in [0.1, 0.15) is 11.5 Å². The van der Waals surface area contributed by atoms with Crippen molar-refractivity contribution in [3.63, 3.8) is 0 Å². The Labute approximate surface area is 161 Å². The summed E-state index contributed by atoms with van der Waals surface area (Å²) in [6, 6.07) is 15.5. The summed E-state index contributed by atoms with van der Waals surface area (Å²) in [5, 5.41) is 9.38. The van der Waals surface area contributed by atoms with Gasteiger partial charge in [-0.25, -0.2) is 0 Å². The lowest BCUT2D eigenvalue weighted by Gasteiger charge is -2.11. The summed E-state index contributed by atoms with van der Waals surface area (Å²) in [4.78, 5) is 25.2. The summed E-state index contributed by atoms with van der Waals surface area (Å²) in [7, 11) is 1.56. The molecular weight excluding hydrogens is 358 g/mol. The molecule has 142 valence electrons. The van der Waals surface area contributed by atoms with E-state index in [1.165, 1.54) is 0 Å². The van der Waals surface area contributed by atoms with Gasteiger partial charge in [0.05, 0.1) is 18.4 Å². The number of carbonyl (C=O) groups is 2. The molecule has 2 amide bonds. The molecule has 2 aromatic carbocycles. The maximum atomic E-state index is 12.7. The van der Waals surface area contributed by atoms with Gasteiger partial charge in [-0.15, -0.1) is 0 Å². The number of anilines is 2. The highest BCUT2D eigenvalue weighted by Crippen LogP contribution is 2.40. The van der Waals surface area contributed by atoms with Gasteiger partial charge >= 0.3 is 0 Å². The first-order valence-electron chi connectivity index (χ1n) is 8.96. The molecule has 1 aromatic heterocycles. The average Bonchev–Trinajstić information content (AvgIpc) is 3.45. The molecule has 0 atom stereocenters. The third kappa shape index (κ3) is 3.88. The summed E-state index contributed by atoms with van der Waals surface area (Å²) < 4.78 is 10.4. The van der Waals surface area contributed by atoms with Crippen LogP contribution in [0, 0.1) is 0 Å². The maximum absolute atomic E-state index is 12.7. The second-order valence-corrected chi connectivity index (χ2v) is 6.57. The van der Waals surface area contributed by atoms with Crippen molar-refractivity contribution in [1.82, 2.24) is 5.16 Å². The van der Waals surface area contributed by atoms with E-state index in [9.17, 15) is 9.59 Å². The first-order chi connectivity index (χ1) is 13.6. The van der Waals surface area contributed by atoms with Crippen LogP contribution in [-0.4, -0.2) is 24.1 Å². The van der Waals surface area contributed by atoms with E-state index in [2.05, 4.69) is 15.8 Å². The minimum absolute atomic E-state index is 0.199. The van der Waals surface area contributed by atoms with E-state index in [0.29, 0.717) is 28.6 Å². The van der Waals surface area contributed by atoms with E-state index >= 15 is 0 Å². The third-order valence-electron chi connectivity index (χ3n) is 4.49. The Morgan fingerprint density at radius 2 is 1.86 bits per heavy atom. The smallest absolute Gasteiger partial charge is 0.277 e. The lowest BCUT2D eigenvalue weighted by Crippen LogP contribution is -2.18. The van der Waals surface area contributed by atoms with E-state index in [-0.39, 0.29) is 11.6 Å². The number of amides is 2. The van der Waals surface area contributed by atoms with Crippen LogP contribution in [0.5, 0.6) is 5.75 Å². The Morgan fingerprint density at radius 3 is 2.64 bits per heavy atom. The highest BCUT2D eigenvalue weighted by Gasteiger charge is 2.29. The highest BCUT2D eigenvalue weighted by molar-refractivity contribution is 6.12. The number of para-hydroxylation sites is 1. The minimum atomic E-state index is -0.419. The second-order valence-electron chi connectivity index (χ2n) is 6.57. The lowest BCUT2D eigenvalue weighted by atomic mass is 10.1. The fourth-order valence-electron chi connectivity index (χ4n) is 2.83. The number of nitrogens with one attached hydrogen (secondary N) is 2. The van der Waals surface area contributed by atoms with Gasteiger partial charge in [-0.05, 0) is 37.1 Å². The summed E-state index contributed by atoms with van der Waals surface area (Å²) in [6.45, 7) is 0. The molecule has 1 fully saturated rings. The van der Waals surface area contributed by atoms with Crippen molar-refractivity contribution >= 4 is 23.2 Å². The molecule has 7 heteroatoms. The molecule has 0 unspecified atom stereocenters. The molecule has 4 rings (SSSR count). The summed E-state index contributed by atoms with van der Waals surface area (Å²) in [6.07, 6.45) is 2.12. The predicted molar refractivity (Wildman–Crippen MR) is 104 cm³/mol. The molecule has 0 saturated heterocycles. The van der Waals surface area contributed by atoms with Gasteiger partial charge in [0.15, 0.2) is 5.69 Å². The Balaban J connectivity index is 1.50. The van der Waals surface area contributed by atoms with Crippen molar-refractivity contribution in [2.75, 3.05) is 17.7 Å². The van der Waals surface area contributed by atoms with E-state index < -0.39 is 5.91 Å². The van der Waals surface area contributed by atoms with Crippen LogP contribution >= 0.6 is 0 Å². The SMILES string of the molecule is COc1cccc(NC(=O)c2ccccc2NC(=O)c2cc(C3CC3)on2)c1. The Bertz CT molecular complexity index is 1020. The number of aromatic nitrogens is 1. The molecule has 28 heavy (non-hydrogen) atoms. The topological polar surface area (TPSA) is 93.5 Å². The molecule has 1 aliphatic carbocycles. The summed E-state index contributed by atoms with van der Waals surface area (Å²) in [5.41, 5.74) is 1.52. The fourth-order valence-corrected chi connectivity index (χ4v) is 2.83. The molecule has 1 saturated carbocycles. The summed E-state index contributed by atoms with van der Waals surface area (Å²) in [5.74, 6) is 0.973. The third-order valence-corrected chi connectivity index (χ3v) is 4.49.